The Kier molecular flexibility index (Phi) is 2.11. The summed E-state index contributed by atoms with van der Waals surface area (Å²) in [5, 5.41) is 0. The zero-order chi connectivity index (χ0) is 10.1. The van der Waals surface area contributed by atoms with E-state index in [1.54, 1.807) is 19.1 Å². The second-order valence-electron chi connectivity index (χ2n) is 3.23. The highest BCUT2D eigenvalue weighted by molar-refractivity contribution is 5.75. The maximum Gasteiger partial charge on any atom is 0.180 e. The third-order valence-corrected chi connectivity index (χ3v) is 2.21. The molecular formula is C10H11FN2O. The van der Waals surface area contributed by atoms with Crippen molar-refractivity contribution in [1.82, 2.24) is 0 Å². The monoisotopic (exact) mass is 194 g/mol. The first-order valence-electron chi connectivity index (χ1n) is 4.39. The molecule has 2 rings (SSSR count). The Morgan fingerprint density at radius 2 is 2.36 bits per heavy atom. The van der Waals surface area contributed by atoms with Gasteiger partial charge in [-0.25, -0.2) is 9.38 Å². The van der Waals surface area contributed by atoms with Crippen LogP contribution in [0.4, 0.5) is 10.1 Å². The van der Waals surface area contributed by atoms with Gasteiger partial charge in [0.15, 0.2) is 11.7 Å². The van der Waals surface area contributed by atoms with Gasteiger partial charge < -0.3 is 10.5 Å². The zero-order valence-electron chi connectivity index (χ0n) is 7.83. The third-order valence-electron chi connectivity index (χ3n) is 2.21. The lowest BCUT2D eigenvalue weighted by Gasteiger charge is -2.07. The average Bonchev–Trinajstić information content (AvgIpc) is 2.57. The van der Waals surface area contributed by atoms with Crippen LogP contribution in [0.3, 0.4) is 0 Å². The average molecular weight is 194 g/mol. The van der Waals surface area contributed by atoms with Gasteiger partial charge in [-0.05, 0) is 6.07 Å². The molecule has 1 atom stereocenters. The number of hydrogen-bond donors (Lipinski definition) is 1. The molecular weight excluding hydrogens is 183 g/mol. The number of hydrogen-bond acceptors (Lipinski definition) is 3. The van der Waals surface area contributed by atoms with Crippen molar-refractivity contribution in [3.8, 4) is 0 Å². The SMILES string of the molecule is CC1=NC(c2cccc(N)c2F)CO1. The predicted octanol–water partition coefficient (Wildman–Crippen LogP) is 1.90. The fourth-order valence-corrected chi connectivity index (χ4v) is 1.48. The van der Waals surface area contributed by atoms with Crippen LogP contribution in [-0.2, 0) is 4.74 Å². The number of nitrogens with two attached hydrogens (primary N) is 1. The van der Waals surface area contributed by atoms with Gasteiger partial charge in [-0.15, -0.1) is 0 Å². The highest BCUT2D eigenvalue weighted by Crippen LogP contribution is 2.27. The largest absolute Gasteiger partial charge is 0.479 e. The minimum absolute atomic E-state index is 0.155. The van der Waals surface area contributed by atoms with Crippen LogP contribution in [0, 0.1) is 5.82 Å². The van der Waals surface area contributed by atoms with Crippen molar-refractivity contribution in [1.29, 1.82) is 0 Å². The van der Waals surface area contributed by atoms with Crippen LogP contribution in [-0.4, -0.2) is 12.5 Å². The zero-order valence-corrected chi connectivity index (χ0v) is 7.83. The molecule has 0 spiro atoms. The third kappa shape index (κ3) is 1.43. The molecule has 0 radical (unpaired) electrons. The van der Waals surface area contributed by atoms with E-state index in [-0.39, 0.29) is 17.5 Å². The molecule has 1 aliphatic heterocycles. The van der Waals surface area contributed by atoms with Gasteiger partial charge in [-0.1, -0.05) is 12.1 Å². The number of benzene rings is 1. The van der Waals surface area contributed by atoms with Crippen LogP contribution < -0.4 is 5.73 Å². The van der Waals surface area contributed by atoms with Gasteiger partial charge in [0.2, 0.25) is 0 Å². The van der Waals surface area contributed by atoms with E-state index >= 15 is 0 Å². The molecule has 1 heterocycles. The molecule has 0 fully saturated rings. The standard InChI is InChI=1S/C10H11FN2O/c1-6-13-9(5-14-6)7-3-2-4-8(12)10(7)11/h2-4,9H,5,12H2,1H3. The van der Waals surface area contributed by atoms with Gasteiger partial charge in [-0.3, -0.25) is 0 Å². The van der Waals surface area contributed by atoms with Crippen molar-refractivity contribution in [3.63, 3.8) is 0 Å². The Morgan fingerprint density at radius 1 is 1.57 bits per heavy atom. The van der Waals surface area contributed by atoms with Crippen LogP contribution >= 0.6 is 0 Å². The summed E-state index contributed by atoms with van der Waals surface area (Å²) in [6.07, 6.45) is 0. The summed E-state index contributed by atoms with van der Waals surface area (Å²) < 4.78 is 18.7. The molecule has 3 nitrogen and oxygen atoms in total. The lowest BCUT2D eigenvalue weighted by atomic mass is 10.1. The lowest BCUT2D eigenvalue weighted by molar-refractivity contribution is 0.314. The molecule has 0 saturated heterocycles. The first-order chi connectivity index (χ1) is 6.68. The molecule has 0 aliphatic carbocycles. The van der Waals surface area contributed by atoms with Crippen molar-refractivity contribution >= 4 is 11.6 Å². The van der Waals surface area contributed by atoms with E-state index in [0.29, 0.717) is 18.1 Å². The summed E-state index contributed by atoms with van der Waals surface area (Å²) in [6.45, 7) is 2.15. The summed E-state index contributed by atoms with van der Waals surface area (Å²) in [5.74, 6) is 0.205. The molecule has 4 heteroatoms. The van der Waals surface area contributed by atoms with E-state index in [0.717, 1.165) is 0 Å². The quantitative estimate of drug-likeness (QED) is 0.694. The molecule has 0 saturated carbocycles. The van der Waals surface area contributed by atoms with E-state index in [1.165, 1.54) is 6.07 Å². The lowest BCUT2D eigenvalue weighted by Crippen LogP contribution is -2.03. The molecule has 74 valence electrons. The van der Waals surface area contributed by atoms with Crippen LogP contribution in [0.25, 0.3) is 0 Å². The van der Waals surface area contributed by atoms with Crippen LogP contribution in [0.1, 0.15) is 18.5 Å². The molecule has 0 aromatic heterocycles. The number of anilines is 1. The summed E-state index contributed by atoms with van der Waals surface area (Å²) in [4.78, 5) is 4.16. The highest BCUT2D eigenvalue weighted by Gasteiger charge is 2.21. The number of rotatable bonds is 1. The van der Waals surface area contributed by atoms with E-state index < -0.39 is 0 Å². The number of nitrogen functional groups attached to an aromatic ring is 1. The molecule has 1 aliphatic rings. The first-order valence-corrected chi connectivity index (χ1v) is 4.39. The van der Waals surface area contributed by atoms with E-state index in [1.807, 2.05) is 0 Å². The van der Waals surface area contributed by atoms with Crippen LogP contribution in [0.5, 0.6) is 0 Å². The molecule has 0 amide bonds. The molecule has 1 aromatic carbocycles. The van der Waals surface area contributed by atoms with Gasteiger partial charge in [-0.2, -0.15) is 0 Å². The number of halogens is 1. The van der Waals surface area contributed by atoms with Crippen molar-refractivity contribution in [2.75, 3.05) is 12.3 Å². The number of aliphatic imine (C=N–C) groups is 1. The smallest absolute Gasteiger partial charge is 0.180 e. The van der Waals surface area contributed by atoms with Gasteiger partial charge in [0.05, 0.1) is 5.69 Å². The first kappa shape index (κ1) is 8.99. The Morgan fingerprint density at radius 3 is 3.00 bits per heavy atom. The Hall–Kier alpha value is -1.58. The number of ether oxygens (including phenoxy) is 1. The molecule has 1 unspecified atom stereocenters. The topological polar surface area (TPSA) is 47.6 Å². The maximum absolute atomic E-state index is 13.5. The Balaban J connectivity index is 2.37. The van der Waals surface area contributed by atoms with Crippen molar-refractivity contribution < 1.29 is 9.13 Å². The van der Waals surface area contributed by atoms with Gasteiger partial charge >= 0.3 is 0 Å². The molecule has 0 bridgehead atoms. The minimum Gasteiger partial charge on any atom is -0.479 e. The number of nitrogens with zero attached hydrogens (tertiary/aromatic N) is 1. The van der Waals surface area contributed by atoms with Crippen molar-refractivity contribution in [2.24, 2.45) is 4.99 Å². The Labute approximate surface area is 81.4 Å². The molecule has 14 heavy (non-hydrogen) atoms. The summed E-state index contributed by atoms with van der Waals surface area (Å²) >= 11 is 0. The minimum atomic E-state index is -0.389. The van der Waals surface area contributed by atoms with Crippen LogP contribution in [0.2, 0.25) is 0 Å². The van der Waals surface area contributed by atoms with Gasteiger partial charge in [0.25, 0.3) is 0 Å². The second kappa shape index (κ2) is 3.29. The maximum atomic E-state index is 13.5. The second-order valence-corrected chi connectivity index (χ2v) is 3.23. The summed E-state index contributed by atoms with van der Waals surface area (Å²) in [7, 11) is 0. The van der Waals surface area contributed by atoms with Gasteiger partial charge in [0.1, 0.15) is 12.6 Å². The molecule has 2 N–H and O–H groups in total. The van der Waals surface area contributed by atoms with Gasteiger partial charge in [0, 0.05) is 12.5 Å². The van der Waals surface area contributed by atoms with E-state index in [9.17, 15) is 4.39 Å². The fraction of sp³-hybridized carbons (Fsp3) is 0.300. The highest BCUT2D eigenvalue weighted by atomic mass is 19.1. The van der Waals surface area contributed by atoms with E-state index in [2.05, 4.69) is 4.99 Å². The van der Waals surface area contributed by atoms with Crippen LogP contribution in [0.15, 0.2) is 23.2 Å². The van der Waals surface area contributed by atoms with Crippen molar-refractivity contribution in [3.05, 3.63) is 29.6 Å². The normalized spacial score (nSPS) is 20.4. The summed E-state index contributed by atoms with van der Waals surface area (Å²) in [5.41, 5.74) is 6.12. The van der Waals surface area contributed by atoms with E-state index in [4.69, 9.17) is 10.5 Å². The Bertz CT molecular complexity index is 390. The fourth-order valence-electron chi connectivity index (χ4n) is 1.48. The molecule has 1 aromatic rings. The summed E-state index contributed by atoms with van der Waals surface area (Å²) in [6, 6.07) is 4.68. The van der Waals surface area contributed by atoms with Crippen molar-refractivity contribution in [2.45, 2.75) is 13.0 Å². The predicted molar refractivity (Wildman–Crippen MR) is 52.6 cm³/mol.